The van der Waals surface area contributed by atoms with Crippen LogP contribution in [0.1, 0.15) is 23.9 Å². The van der Waals surface area contributed by atoms with E-state index in [0.29, 0.717) is 6.54 Å². The highest BCUT2D eigenvalue weighted by atomic mass is 35.5. The van der Waals surface area contributed by atoms with E-state index in [1.54, 1.807) is 0 Å². The predicted octanol–water partition coefficient (Wildman–Crippen LogP) is 4.05. The van der Waals surface area contributed by atoms with Crippen molar-refractivity contribution in [1.29, 1.82) is 0 Å². The maximum Gasteiger partial charge on any atom is 0.114 e. The molecule has 0 unspecified atom stereocenters. The minimum atomic E-state index is 0.672. The average molecular weight is 314 g/mol. The van der Waals surface area contributed by atoms with Crippen LogP contribution in [0.4, 0.5) is 0 Å². The summed E-state index contributed by atoms with van der Waals surface area (Å²) in [5.41, 5.74) is 11.1. The van der Waals surface area contributed by atoms with Gasteiger partial charge in [0, 0.05) is 17.1 Å². The van der Waals surface area contributed by atoms with Gasteiger partial charge < -0.3 is 5.73 Å². The van der Waals surface area contributed by atoms with Gasteiger partial charge in [-0.2, -0.15) is 0 Å². The van der Waals surface area contributed by atoms with Gasteiger partial charge in [0.05, 0.1) is 11.0 Å². The monoisotopic (exact) mass is 313 g/mol. The van der Waals surface area contributed by atoms with Crippen LogP contribution in [0.2, 0.25) is 5.02 Å². The molecular weight excluding hydrogens is 294 g/mol. The Morgan fingerprint density at radius 3 is 2.55 bits per heavy atom. The summed E-state index contributed by atoms with van der Waals surface area (Å²) < 4.78 is 2.21. The van der Waals surface area contributed by atoms with E-state index in [9.17, 15) is 0 Å². The number of halogens is 1. The Bertz CT molecular complexity index is 803. The number of aryl methyl sites for hydroxylation is 2. The van der Waals surface area contributed by atoms with Crippen molar-refractivity contribution in [1.82, 2.24) is 9.55 Å². The average Bonchev–Trinajstić information content (AvgIpc) is 2.86. The van der Waals surface area contributed by atoms with Crippen LogP contribution in [0.25, 0.3) is 16.7 Å². The number of imidazole rings is 1. The van der Waals surface area contributed by atoms with Crippen LogP contribution in [0.5, 0.6) is 0 Å². The van der Waals surface area contributed by atoms with Crippen LogP contribution in [-0.4, -0.2) is 16.1 Å². The van der Waals surface area contributed by atoms with E-state index in [-0.39, 0.29) is 0 Å². The zero-order valence-electron chi connectivity index (χ0n) is 12.9. The van der Waals surface area contributed by atoms with E-state index in [2.05, 4.69) is 41.8 Å². The first-order chi connectivity index (χ1) is 10.6. The van der Waals surface area contributed by atoms with Crippen molar-refractivity contribution in [3.05, 3.63) is 58.4 Å². The molecule has 22 heavy (non-hydrogen) atoms. The lowest BCUT2D eigenvalue weighted by Gasteiger charge is -2.10. The van der Waals surface area contributed by atoms with Crippen molar-refractivity contribution in [2.45, 2.75) is 26.7 Å². The van der Waals surface area contributed by atoms with E-state index < -0.39 is 0 Å². The molecule has 0 aliphatic carbocycles. The first kappa shape index (κ1) is 15.1. The highest BCUT2D eigenvalue weighted by Crippen LogP contribution is 2.27. The Kier molecular flexibility index (Phi) is 4.19. The Morgan fingerprint density at radius 1 is 1.18 bits per heavy atom. The molecule has 0 radical (unpaired) electrons. The minimum Gasteiger partial charge on any atom is -0.330 e. The number of hydrogen-bond acceptors (Lipinski definition) is 2. The molecule has 0 saturated heterocycles. The van der Waals surface area contributed by atoms with Crippen LogP contribution in [-0.2, 0) is 12.8 Å². The van der Waals surface area contributed by atoms with Crippen molar-refractivity contribution >= 4 is 22.6 Å². The van der Waals surface area contributed by atoms with E-state index in [1.807, 2.05) is 13.0 Å². The fourth-order valence-electron chi connectivity index (χ4n) is 2.76. The summed E-state index contributed by atoms with van der Waals surface area (Å²) in [5.74, 6) is 1.04. The zero-order valence-corrected chi connectivity index (χ0v) is 13.7. The maximum absolute atomic E-state index is 6.23. The van der Waals surface area contributed by atoms with Gasteiger partial charge in [-0.25, -0.2) is 4.98 Å². The fourth-order valence-corrected chi connectivity index (χ4v) is 2.91. The molecule has 114 valence electrons. The Morgan fingerprint density at radius 2 is 1.91 bits per heavy atom. The first-order valence-corrected chi connectivity index (χ1v) is 7.98. The van der Waals surface area contributed by atoms with Gasteiger partial charge in [0.25, 0.3) is 0 Å². The number of nitrogens with zero attached hydrogens (tertiary/aromatic N) is 2. The number of nitrogens with two attached hydrogens (primary N) is 1. The zero-order chi connectivity index (χ0) is 15.7. The fraction of sp³-hybridized carbons (Fsp3) is 0.278. The smallest absolute Gasteiger partial charge is 0.114 e. The van der Waals surface area contributed by atoms with E-state index >= 15 is 0 Å². The second-order valence-corrected chi connectivity index (χ2v) is 5.92. The molecule has 3 rings (SSSR count). The molecular formula is C18H20ClN3. The topological polar surface area (TPSA) is 43.8 Å². The molecule has 0 fully saturated rings. The maximum atomic E-state index is 6.23. The molecule has 4 heteroatoms. The van der Waals surface area contributed by atoms with Crippen LogP contribution in [0.3, 0.4) is 0 Å². The van der Waals surface area contributed by atoms with Crippen LogP contribution < -0.4 is 5.73 Å². The first-order valence-electron chi connectivity index (χ1n) is 7.61. The molecule has 3 aromatic rings. The van der Waals surface area contributed by atoms with Crippen molar-refractivity contribution in [2.75, 3.05) is 6.54 Å². The molecule has 0 amide bonds. The third-order valence-corrected chi connectivity index (χ3v) is 4.36. The second-order valence-electron chi connectivity index (χ2n) is 5.51. The van der Waals surface area contributed by atoms with Gasteiger partial charge >= 0.3 is 0 Å². The molecule has 0 atom stereocenters. The van der Waals surface area contributed by atoms with Crippen molar-refractivity contribution in [2.24, 2.45) is 5.73 Å². The van der Waals surface area contributed by atoms with Gasteiger partial charge in [-0.15, -0.1) is 0 Å². The van der Waals surface area contributed by atoms with Gasteiger partial charge in [0.2, 0.25) is 0 Å². The Hall–Kier alpha value is -1.84. The lowest BCUT2D eigenvalue weighted by molar-refractivity contribution is 0.905. The molecule has 1 heterocycles. The molecule has 2 aromatic carbocycles. The third-order valence-electron chi connectivity index (χ3n) is 3.95. The molecule has 2 N–H and O–H groups in total. The molecule has 0 saturated carbocycles. The minimum absolute atomic E-state index is 0.672. The van der Waals surface area contributed by atoms with Crippen molar-refractivity contribution < 1.29 is 0 Å². The molecule has 0 bridgehead atoms. The third kappa shape index (κ3) is 2.62. The van der Waals surface area contributed by atoms with Gasteiger partial charge in [0.15, 0.2) is 0 Å². The van der Waals surface area contributed by atoms with Gasteiger partial charge in [0.1, 0.15) is 5.82 Å². The number of hydrogen-bond donors (Lipinski definition) is 1. The molecule has 3 nitrogen and oxygen atoms in total. The Labute approximate surface area is 135 Å². The van der Waals surface area contributed by atoms with Crippen molar-refractivity contribution in [3.63, 3.8) is 0 Å². The quantitative estimate of drug-likeness (QED) is 0.789. The van der Waals surface area contributed by atoms with Gasteiger partial charge in [-0.05, 0) is 55.3 Å². The number of rotatable bonds is 4. The predicted molar refractivity (Wildman–Crippen MR) is 93.0 cm³/mol. The summed E-state index contributed by atoms with van der Waals surface area (Å²) in [7, 11) is 0. The standard InChI is InChI=1S/C18H20ClN3/c1-3-18-21-16-11-15(19)12(2)10-17(16)22(18)14-6-4-13(5-7-14)8-9-20/h4-7,10-11H,3,8-9,20H2,1-2H3. The van der Waals surface area contributed by atoms with Gasteiger partial charge in [-0.1, -0.05) is 30.7 Å². The molecule has 0 spiro atoms. The Balaban J connectivity index is 2.17. The number of aromatic nitrogens is 2. The van der Waals surface area contributed by atoms with E-state index in [4.69, 9.17) is 22.3 Å². The summed E-state index contributed by atoms with van der Waals surface area (Å²) in [6.45, 7) is 4.81. The van der Waals surface area contributed by atoms with Gasteiger partial charge in [-0.3, -0.25) is 4.57 Å². The van der Waals surface area contributed by atoms with Crippen LogP contribution in [0.15, 0.2) is 36.4 Å². The lowest BCUT2D eigenvalue weighted by atomic mass is 10.1. The summed E-state index contributed by atoms with van der Waals surface area (Å²) in [4.78, 5) is 4.73. The summed E-state index contributed by atoms with van der Waals surface area (Å²) in [6, 6.07) is 12.6. The SMILES string of the molecule is CCc1nc2cc(Cl)c(C)cc2n1-c1ccc(CCN)cc1. The summed E-state index contributed by atoms with van der Waals surface area (Å²) >= 11 is 6.23. The van der Waals surface area contributed by atoms with E-state index in [1.165, 1.54) is 5.56 Å². The summed E-state index contributed by atoms with van der Waals surface area (Å²) in [5, 5.41) is 0.762. The lowest BCUT2D eigenvalue weighted by Crippen LogP contribution is -2.04. The second kappa shape index (κ2) is 6.11. The molecule has 1 aromatic heterocycles. The molecule has 0 aliphatic rings. The number of fused-ring (bicyclic) bond motifs is 1. The van der Waals surface area contributed by atoms with Crippen LogP contribution >= 0.6 is 11.6 Å². The van der Waals surface area contributed by atoms with Crippen molar-refractivity contribution in [3.8, 4) is 5.69 Å². The largest absolute Gasteiger partial charge is 0.330 e. The van der Waals surface area contributed by atoms with Crippen LogP contribution in [0, 0.1) is 6.92 Å². The molecule has 0 aliphatic heterocycles. The normalized spacial score (nSPS) is 11.3. The number of benzene rings is 2. The highest BCUT2D eigenvalue weighted by Gasteiger charge is 2.12. The van der Waals surface area contributed by atoms with E-state index in [0.717, 1.165) is 46.0 Å². The highest BCUT2D eigenvalue weighted by molar-refractivity contribution is 6.32. The summed E-state index contributed by atoms with van der Waals surface area (Å²) in [6.07, 6.45) is 1.77.